The van der Waals surface area contributed by atoms with Crippen molar-refractivity contribution < 1.29 is 0 Å². The molecular weight excluding hydrogens is 567 g/mol. The van der Waals surface area contributed by atoms with Gasteiger partial charge in [-0.2, -0.15) is 0 Å². The molecule has 3 heteroatoms. The van der Waals surface area contributed by atoms with Gasteiger partial charge in [0.05, 0.1) is 0 Å². The third-order valence-corrected chi connectivity index (χ3v) is 13.3. The largest absolute Gasteiger partial charge is 0.366 e. The lowest BCUT2D eigenvalue weighted by molar-refractivity contribution is 0.115. The van der Waals surface area contributed by atoms with Crippen molar-refractivity contribution in [3.05, 3.63) is 65.9 Å². The Bertz CT molecular complexity index is 1140. The Morgan fingerprint density at radius 2 is 1.06 bits per heavy atom. The van der Waals surface area contributed by atoms with Gasteiger partial charge in [0.1, 0.15) is 0 Å². The van der Waals surface area contributed by atoms with E-state index in [2.05, 4.69) is 59.2 Å². The highest BCUT2D eigenvalue weighted by atomic mass is 15.2. The number of nitrogens with zero attached hydrogens (tertiary/aromatic N) is 2. The number of fused-ring (bicyclic) bond motifs is 3. The fourth-order valence-corrected chi connectivity index (χ4v) is 11.1. The van der Waals surface area contributed by atoms with Gasteiger partial charge in [-0.3, -0.25) is 0 Å². The molecule has 0 N–H and O–H groups in total. The lowest BCUT2D eigenvalue weighted by Gasteiger charge is -2.45. The highest BCUT2D eigenvalue weighted by molar-refractivity contribution is 6.68. The lowest BCUT2D eigenvalue weighted by Crippen LogP contribution is -2.46. The molecule has 3 aliphatic carbocycles. The monoisotopic (exact) mass is 637 g/mol. The molecule has 0 amide bonds. The molecular formula is C44H69BN2. The topological polar surface area (TPSA) is 6.48 Å². The maximum Gasteiger partial charge on any atom is 0.182 e. The van der Waals surface area contributed by atoms with Crippen molar-refractivity contribution in [2.45, 2.75) is 192 Å². The van der Waals surface area contributed by atoms with E-state index in [0.29, 0.717) is 24.8 Å². The summed E-state index contributed by atoms with van der Waals surface area (Å²) in [6.45, 7) is 7.73. The third-order valence-electron chi connectivity index (χ3n) is 13.3. The van der Waals surface area contributed by atoms with Crippen molar-refractivity contribution in [3.8, 4) is 0 Å². The Balaban J connectivity index is 1.51. The normalized spacial score (nSPS) is 30.8. The van der Waals surface area contributed by atoms with Crippen molar-refractivity contribution in [1.82, 2.24) is 4.90 Å². The number of hydrogen-bond acceptors (Lipinski definition) is 2. The van der Waals surface area contributed by atoms with Gasteiger partial charge in [-0.05, 0) is 81.0 Å². The Morgan fingerprint density at radius 1 is 0.596 bits per heavy atom. The van der Waals surface area contributed by atoms with E-state index >= 15 is 0 Å². The molecule has 47 heavy (non-hydrogen) atoms. The standard InChI is InChI=1S/C44H69BN2/c1-3-40-44-41(4-2)47(39-30-22-17-23-31-39)43-33-25-16-10-12-19-27-37(43)35-45(44)34-36-26-18-11-9-15-24-32-42(36)46(40)38-28-20-13-7-5-6-8-14-21-29-38/h3-4,17,22-23,30-31,36-38,42-43H,1,5-16,18-21,24-29,32-35H2,2H3/b41-4+. The van der Waals surface area contributed by atoms with Crippen molar-refractivity contribution >= 4 is 12.4 Å². The summed E-state index contributed by atoms with van der Waals surface area (Å²) in [5.74, 6) is 1.57. The van der Waals surface area contributed by atoms with Crippen LogP contribution in [0.3, 0.4) is 0 Å². The molecule has 2 heterocycles. The van der Waals surface area contributed by atoms with Crippen LogP contribution in [-0.2, 0) is 0 Å². The van der Waals surface area contributed by atoms with E-state index in [1.165, 1.54) is 178 Å². The average molecular weight is 637 g/mol. The second-order valence-electron chi connectivity index (χ2n) is 16.4. The SMILES string of the molecule is C=CC1=C2B(CC3CCCCCCCC3N(c3ccccc3)/C2=C/C)CC2CCCCCCCC2N1C1CCCCCCCCCC1. The Morgan fingerprint density at radius 3 is 1.60 bits per heavy atom. The molecule has 2 nitrogen and oxygen atoms in total. The first-order valence-electron chi connectivity index (χ1n) is 21.0. The molecule has 4 atom stereocenters. The number of allylic oxidation sites excluding steroid dienone is 3. The second-order valence-corrected chi connectivity index (χ2v) is 16.4. The van der Waals surface area contributed by atoms with Crippen LogP contribution in [0.15, 0.2) is 65.9 Å². The molecule has 5 aliphatic rings. The molecule has 4 unspecified atom stereocenters. The van der Waals surface area contributed by atoms with E-state index in [0.717, 1.165) is 11.8 Å². The maximum absolute atomic E-state index is 4.74. The van der Waals surface area contributed by atoms with Gasteiger partial charge < -0.3 is 9.80 Å². The van der Waals surface area contributed by atoms with Gasteiger partial charge >= 0.3 is 0 Å². The highest BCUT2D eigenvalue weighted by Gasteiger charge is 2.46. The minimum absolute atomic E-state index is 0.592. The molecule has 2 aliphatic heterocycles. The molecule has 0 bridgehead atoms. The molecule has 0 spiro atoms. The molecule has 3 saturated carbocycles. The van der Waals surface area contributed by atoms with Gasteiger partial charge in [-0.1, -0.05) is 159 Å². The van der Waals surface area contributed by atoms with Gasteiger partial charge in [0.25, 0.3) is 0 Å². The van der Waals surface area contributed by atoms with Crippen LogP contribution < -0.4 is 4.90 Å². The van der Waals surface area contributed by atoms with Crippen LogP contribution in [-0.4, -0.2) is 29.7 Å². The fourth-order valence-electron chi connectivity index (χ4n) is 11.1. The minimum atomic E-state index is 0.592. The molecule has 0 aromatic heterocycles. The average Bonchev–Trinajstić information content (AvgIpc) is 3.17. The van der Waals surface area contributed by atoms with Gasteiger partial charge in [0, 0.05) is 35.2 Å². The van der Waals surface area contributed by atoms with Crippen LogP contribution in [0.25, 0.3) is 0 Å². The maximum atomic E-state index is 4.74. The first-order valence-corrected chi connectivity index (χ1v) is 21.0. The molecule has 4 fully saturated rings. The van der Waals surface area contributed by atoms with E-state index in [1.54, 1.807) is 11.2 Å². The highest BCUT2D eigenvalue weighted by Crippen LogP contribution is 2.48. The van der Waals surface area contributed by atoms with E-state index < -0.39 is 0 Å². The quantitative estimate of drug-likeness (QED) is 0.305. The van der Waals surface area contributed by atoms with Crippen LogP contribution in [0.5, 0.6) is 0 Å². The van der Waals surface area contributed by atoms with Crippen LogP contribution >= 0.6 is 0 Å². The number of hydrogen-bond donors (Lipinski definition) is 0. The molecule has 258 valence electrons. The van der Waals surface area contributed by atoms with Gasteiger partial charge in [0.2, 0.25) is 0 Å². The zero-order chi connectivity index (χ0) is 32.3. The summed E-state index contributed by atoms with van der Waals surface area (Å²) in [7, 11) is 0. The zero-order valence-corrected chi connectivity index (χ0v) is 30.5. The Hall–Kier alpha value is -1.90. The second kappa shape index (κ2) is 18.2. The summed E-state index contributed by atoms with van der Waals surface area (Å²) >= 11 is 0. The predicted octanol–water partition coefficient (Wildman–Crippen LogP) is 12.9. The molecule has 6 rings (SSSR count). The summed E-state index contributed by atoms with van der Waals surface area (Å²) in [6.07, 6.45) is 41.6. The van der Waals surface area contributed by atoms with Crippen LogP contribution in [0.4, 0.5) is 5.69 Å². The van der Waals surface area contributed by atoms with E-state index in [1.807, 2.05) is 0 Å². The Kier molecular flexibility index (Phi) is 13.5. The third kappa shape index (κ3) is 8.64. The number of anilines is 1. The zero-order valence-electron chi connectivity index (χ0n) is 30.5. The summed E-state index contributed by atoms with van der Waals surface area (Å²) in [4.78, 5) is 6.02. The predicted molar refractivity (Wildman–Crippen MR) is 206 cm³/mol. The first kappa shape index (κ1) is 34.9. The number of para-hydroxylation sites is 1. The molecule has 1 aromatic rings. The van der Waals surface area contributed by atoms with Crippen molar-refractivity contribution in [2.24, 2.45) is 11.8 Å². The fraction of sp³-hybridized carbons (Fsp3) is 0.727. The molecule has 0 radical (unpaired) electrons. The van der Waals surface area contributed by atoms with Crippen molar-refractivity contribution in [2.75, 3.05) is 4.90 Å². The summed E-state index contributed by atoms with van der Waals surface area (Å²) in [6, 6.07) is 13.5. The van der Waals surface area contributed by atoms with Crippen LogP contribution in [0.1, 0.15) is 161 Å². The number of rotatable bonds is 3. The smallest absolute Gasteiger partial charge is 0.182 e. The molecule has 1 saturated heterocycles. The van der Waals surface area contributed by atoms with Crippen LogP contribution in [0.2, 0.25) is 12.6 Å². The van der Waals surface area contributed by atoms with E-state index in [4.69, 9.17) is 6.58 Å². The van der Waals surface area contributed by atoms with Gasteiger partial charge in [-0.15, -0.1) is 0 Å². The van der Waals surface area contributed by atoms with E-state index in [9.17, 15) is 0 Å². The summed E-state index contributed by atoms with van der Waals surface area (Å²) < 4.78 is 0. The van der Waals surface area contributed by atoms with Gasteiger partial charge in [0.15, 0.2) is 6.71 Å². The van der Waals surface area contributed by atoms with Crippen molar-refractivity contribution in [1.29, 1.82) is 0 Å². The van der Waals surface area contributed by atoms with Crippen LogP contribution in [0, 0.1) is 11.8 Å². The number of benzene rings is 1. The summed E-state index contributed by atoms with van der Waals surface area (Å²) in [5, 5.41) is 0. The Labute approximate surface area is 291 Å². The minimum Gasteiger partial charge on any atom is -0.366 e. The summed E-state index contributed by atoms with van der Waals surface area (Å²) in [5.41, 5.74) is 6.20. The van der Waals surface area contributed by atoms with E-state index in [-0.39, 0.29) is 0 Å². The lowest BCUT2D eigenvalue weighted by atomic mass is 9.36. The molecule has 1 aromatic carbocycles. The van der Waals surface area contributed by atoms with Crippen molar-refractivity contribution in [3.63, 3.8) is 0 Å². The van der Waals surface area contributed by atoms with Gasteiger partial charge in [-0.25, -0.2) is 0 Å². The first-order chi connectivity index (χ1) is 23.3.